The Morgan fingerprint density at radius 2 is 1.95 bits per heavy atom. The fourth-order valence-electron chi connectivity index (χ4n) is 2.28. The predicted molar refractivity (Wildman–Crippen MR) is 85.4 cm³/mol. The van der Waals surface area contributed by atoms with Crippen molar-refractivity contribution in [3.8, 4) is 0 Å². The minimum atomic E-state index is 0.0224. The minimum Gasteiger partial charge on any atom is -0.396 e. The molecule has 0 radical (unpaired) electrons. The van der Waals surface area contributed by atoms with E-state index in [9.17, 15) is 9.59 Å². The van der Waals surface area contributed by atoms with Gasteiger partial charge in [0.25, 0.3) is 0 Å². The maximum Gasteiger partial charge on any atom is 0.319 e. The Labute approximate surface area is 131 Å². The van der Waals surface area contributed by atoms with E-state index in [0.717, 1.165) is 30.8 Å². The van der Waals surface area contributed by atoms with Crippen LogP contribution in [0.3, 0.4) is 0 Å². The molecule has 0 aromatic heterocycles. The van der Waals surface area contributed by atoms with Crippen LogP contribution in [0.15, 0.2) is 0 Å². The number of aliphatic hydroxyl groups excluding tert-OH is 1. The first-order valence-electron chi connectivity index (χ1n) is 7.48. The summed E-state index contributed by atoms with van der Waals surface area (Å²) >= 11 is 1.74. The summed E-state index contributed by atoms with van der Waals surface area (Å²) in [5.41, 5.74) is 0. The van der Waals surface area contributed by atoms with E-state index in [1.807, 2.05) is 0 Å². The highest BCUT2D eigenvalue weighted by atomic mass is 32.2. The fourth-order valence-corrected chi connectivity index (χ4v) is 3.06. The van der Waals surface area contributed by atoms with E-state index >= 15 is 0 Å². The molecule has 1 saturated heterocycles. The van der Waals surface area contributed by atoms with Gasteiger partial charge in [0.1, 0.15) is 0 Å². The number of rotatable bonds is 7. The summed E-state index contributed by atoms with van der Waals surface area (Å²) in [6.45, 7) is 2.20. The van der Waals surface area contributed by atoms with Crippen LogP contribution in [0.5, 0.6) is 0 Å². The number of thioether (sulfide) groups is 1. The number of nitrogens with one attached hydrogen (secondary N) is 1. The Morgan fingerprint density at radius 3 is 2.52 bits per heavy atom. The van der Waals surface area contributed by atoms with Gasteiger partial charge in [0, 0.05) is 52.0 Å². The molecule has 1 fully saturated rings. The zero-order valence-corrected chi connectivity index (χ0v) is 13.8. The van der Waals surface area contributed by atoms with E-state index in [2.05, 4.69) is 5.32 Å². The molecule has 0 atom stereocenters. The van der Waals surface area contributed by atoms with E-state index in [-0.39, 0.29) is 24.5 Å². The van der Waals surface area contributed by atoms with Gasteiger partial charge in [-0.25, -0.2) is 4.79 Å². The van der Waals surface area contributed by atoms with E-state index in [1.165, 1.54) is 0 Å². The van der Waals surface area contributed by atoms with Crippen molar-refractivity contribution in [2.24, 2.45) is 5.92 Å². The number of piperidine rings is 1. The number of amides is 3. The molecule has 0 bridgehead atoms. The summed E-state index contributed by atoms with van der Waals surface area (Å²) in [6, 6.07) is 0.0224. The molecular formula is C14H27N3O3S. The van der Waals surface area contributed by atoms with Crippen LogP contribution < -0.4 is 5.32 Å². The highest BCUT2D eigenvalue weighted by molar-refractivity contribution is 7.99. The topological polar surface area (TPSA) is 72.9 Å². The van der Waals surface area contributed by atoms with Gasteiger partial charge in [0.2, 0.25) is 5.91 Å². The van der Waals surface area contributed by atoms with Crippen molar-refractivity contribution in [2.45, 2.75) is 19.3 Å². The number of nitrogens with zero attached hydrogens (tertiary/aromatic N) is 2. The van der Waals surface area contributed by atoms with Crippen molar-refractivity contribution in [2.75, 3.05) is 51.8 Å². The number of aliphatic hydroxyl groups is 1. The van der Waals surface area contributed by atoms with E-state index < -0.39 is 0 Å². The van der Waals surface area contributed by atoms with Crippen molar-refractivity contribution in [1.29, 1.82) is 0 Å². The van der Waals surface area contributed by atoms with Crippen LogP contribution in [0.2, 0.25) is 0 Å². The van der Waals surface area contributed by atoms with E-state index in [0.29, 0.717) is 19.6 Å². The summed E-state index contributed by atoms with van der Waals surface area (Å²) in [5.74, 6) is 1.94. The Morgan fingerprint density at radius 1 is 1.29 bits per heavy atom. The molecule has 0 saturated carbocycles. The highest BCUT2D eigenvalue weighted by Gasteiger charge is 2.27. The first-order chi connectivity index (χ1) is 10.1. The molecule has 0 spiro atoms. The number of hydrogen-bond donors (Lipinski definition) is 2. The van der Waals surface area contributed by atoms with Crippen molar-refractivity contribution < 1.29 is 14.7 Å². The second kappa shape index (κ2) is 9.89. The molecule has 1 aliphatic heterocycles. The molecule has 1 aliphatic rings. The maximum absolute atomic E-state index is 12.0. The monoisotopic (exact) mass is 317 g/mol. The number of hydrogen-bond acceptors (Lipinski definition) is 4. The van der Waals surface area contributed by atoms with Gasteiger partial charge >= 0.3 is 6.03 Å². The Bertz CT molecular complexity index is 331. The molecule has 2 N–H and O–H groups in total. The molecule has 6 nitrogen and oxygen atoms in total. The van der Waals surface area contributed by atoms with Gasteiger partial charge in [-0.2, -0.15) is 11.8 Å². The second-order valence-corrected chi connectivity index (χ2v) is 6.64. The average Bonchev–Trinajstić information content (AvgIpc) is 2.49. The number of likely N-dealkylation sites (tertiary alicyclic amines) is 1. The van der Waals surface area contributed by atoms with Crippen molar-refractivity contribution in [1.82, 2.24) is 15.1 Å². The number of urea groups is 1. The van der Waals surface area contributed by atoms with Gasteiger partial charge in [0.15, 0.2) is 0 Å². The number of carbonyl (C=O) groups is 2. The van der Waals surface area contributed by atoms with Gasteiger partial charge in [-0.1, -0.05) is 0 Å². The normalized spacial score (nSPS) is 15.9. The highest BCUT2D eigenvalue weighted by Crippen LogP contribution is 2.18. The van der Waals surface area contributed by atoms with Gasteiger partial charge in [-0.05, 0) is 25.0 Å². The summed E-state index contributed by atoms with van der Waals surface area (Å²) in [6.07, 6.45) is 2.28. The van der Waals surface area contributed by atoms with Gasteiger partial charge in [-0.15, -0.1) is 0 Å². The summed E-state index contributed by atoms with van der Waals surface area (Å²) in [4.78, 5) is 27.2. The molecule has 21 heavy (non-hydrogen) atoms. The summed E-state index contributed by atoms with van der Waals surface area (Å²) in [7, 11) is 3.49. The number of carbonyl (C=O) groups excluding carboxylic acids is 2. The van der Waals surface area contributed by atoms with Crippen molar-refractivity contribution in [3.63, 3.8) is 0 Å². The van der Waals surface area contributed by atoms with Gasteiger partial charge in [-0.3, -0.25) is 4.79 Å². The molecular weight excluding hydrogens is 290 g/mol. The second-order valence-electron chi connectivity index (χ2n) is 5.42. The average molecular weight is 317 g/mol. The lowest BCUT2D eigenvalue weighted by atomic mass is 9.96. The summed E-state index contributed by atoms with van der Waals surface area (Å²) < 4.78 is 0. The van der Waals surface area contributed by atoms with Crippen LogP contribution in [-0.2, 0) is 4.79 Å². The zero-order valence-electron chi connectivity index (χ0n) is 13.0. The molecule has 0 aromatic carbocycles. The van der Waals surface area contributed by atoms with Crippen LogP contribution in [-0.4, -0.2) is 78.7 Å². The molecule has 0 aromatic rings. The Balaban J connectivity index is 2.16. The van der Waals surface area contributed by atoms with Crippen molar-refractivity contribution in [3.05, 3.63) is 0 Å². The van der Waals surface area contributed by atoms with Crippen LogP contribution in [0.25, 0.3) is 0 Å². The molecule has 7 heteroatoms. The van der Waals surface area contributed by atoms with E-state index in [4.69, 9.17) is 5.11 Å². The third-order valence-electron chi connectivity index (χ3n) is 3.51. The molecule has 1 heterocycles. The van der Waals surface area contributed by atoms with Gasteiger partial charge in [0.05, 0.1) is 0 Å². The molecule has 0 unspecified atom stereocenters. The van der Waals surface area contributed by atoms with Crippen LogP contribution in [0, 0.1) is 5.92 Å². The molecule has 0 aliphatic carbocycles. The maximum atomic E-state index is 12.0. The lowest BCUT2D eigenvalue weighted by molar-refractivity contribution is -0.126. The van der Waals surface area contributed by atoms with Crippen LogP contribution in [0.1, 0.15) is 19.3 Å². The molecule has 122 valence electrons. The lowest BCUT2D eigenvalue weighted by Crippen LogP contribution is -2.46. The SMILES string of the molecule is CN(C)C(=O)N1CCC(C(=O)NCCSCCCO)CC1. The molecule has 3 amide bonds. The summed E-state index contributed by atoms with van der Waals surface area (Å²) in [5, 5.41) is 11.6. The molecule has 1 rings (SSSR count). The first-order valence-corrected chi connectivity index (χ1v) is 8.64. The smallest absolute Gasteiger partial charge is 0.319 e. The van der Waals surface area contributed by atoms with Crippen molar-refractivity contribution >= 4 is 23.7 Å². The van der Waals surface area contributed by atoms with Gasteiger partial charge < -0.3 is 20.2 Å². The largest absolute Gasteiger partial charge is 0.396 e. The predicted octanol–water partition coefficient (Wildman–Crippen LogP) is 0.612. The quantitative estimate of drug-likeness (QED) is 0.675. The van der Waals surface area contributed by atoms with Crippen LogP contribution in [0.4, 0.5) is 4.79 Å². The fraction of sp³-hybridized carbons (Fsp3) is 0.857. The van der Waals surface area contributed by atoms with Crippen LogP contribution >= 0.6 is 11.8 Å². The Hall–Kier alpha value is -0.950. The first kappa shape index (κ1) is 18.1. The third-order valence-corrected chi connectivity index (χ3v) is 4.58. The zero-order chi connectivity index (χ0) is 15.7. The lowest BCUT2D eigenvalue weighted by Gasteiger charge is -2.33. The van der Waals surface area contributed by atoms with E-state index in [1.54, 1.807) is 35.7 Å². The third kappa shape index (κ3) is 6.56. The Kier molecular flexibility index (Phi) is 8.52. The minimum absolute atomic E-state index is 0.0224. The standard InChI is InChI=1S/C14H27N3O3S/c1-16(2)14(20)17-7-4-12(5-8-17)13(19)15-6-11-21-10-3-9-18/h12,18H,3-11H2,1-2H3,(H,15,19).